The molecule has 0 bridgehead atoms. The number of imidazole rings is 1. The number of nitrogens with one attached hydrogen (secondary N) is 1. The summed E-state index contributed by atoms with van der Waals surface area (Å²) in [7, 11) is 3.14. The molecule has 0 amide bonds. The zero-order chi connectivity index (χ0) is 20.5. The van der Waals surface area contributed by atoms with E-state index in [1.807, 2.05) is 24.3 Å². The van der Waals surface area contributed by atoms with Crippen molar-refractivity contribution < 1.29 is 9.47 Å². The lowest BCUT2D eigenvalue weighted by Crippen LogP contribution is -2.34. The predicted molar refractivity (Wildman–Crippen MR) is 111 cm³/mol. The number of aromatic nitrogens is 2. The Bertz CT molecular complexity index is 1380. The number of hydrogen-bond donors (Lipinski definition) is 1. The van der Waals surface area contributed by atoms with Crippen molar-refractivity contribution in [2.24, 2.45) is 0 Å². The third-order valence-electron chi connectivity index (χ3n) is 4.84. The molecule has 2 aromatic heterocycles. The van der Waals surface area contributed by atoms with Crippen LogP contribution < -0.4 is 25.6 Å². The van der Waals surface area contributed by atoms with Crippen LogP contribution in [-0.4, -0.2) is 23.6 Å². The van der Waals surface area contributed by atoms with Gasteiger partial charge in [-0.15, -0.1) is 0 Å². The highest BCUT2D eigenvalue weighted by Crippen LogP contribution is 2.25. The lowest BCUT2D eigenvalue weighted by atomic mass is 10.1. The molecule has 2 heterocycles. The predicted octanol–water partition coefficient (Wildman–Crippen LogP) is 2.61. The normalized spacial score (nSPS) is 11.6. The van der Waals surface area contributed by atoms with Crippen molar-refractivity contribution in [3.05, 3.63) is 69.2 Å². The molecule has 0 fully saturated rings. The van der Waals surface area contributed by atoms with E-state index in [2.05, 4.69) is 16.4 Å². The number of fused-ring (bicyclic) bond motifs is 3. The highest BCUT2D eigenvalue weighted by molar-refractivity contribution is 5.82. The van der Waals surface area contributed by atoms with E-state index in [0.717, 1.165) is 0 Å². The summed E-state index contributed by atoms with van der Waals surface area (Å²) in [4.78, 5) is 17.7. The van der Waals surface area contributed by atoms with Gasteiger partial charge >= 0.3 is 0 Å². The maximum atomic E-state index is 13.3. The molecular weight excluding hydrogens is 368 g/mol. The third-order valence-corrected chi connectivity index (χ3v) is 4.84. The number of rotatable bonds is 4. The van der Waals surface area contributed by atoms with Crippen molar-refractivity contribution in [1.29, 1.82) is 5.26 Å². The van der Waals surface area contributed by atoms with E-state index in [1.54, 1.807) is 45.5 Å². The van der Waals surface area contributed by atoms with Crippen LogP contribution >= 0.6 is 0 Å². The summed E-state index contributed by atoms with van der Waals surface area (Å²) in [5.41, 5.74) is 3.10. The number of pyridine rings is 1. The Morgan fingerprint density at radius 1 is 1.14 bits per heavy atom. The minimum Gasteiger partial charge on any atom is -0.497 e. The van der Waals surface area contributed by atoms with E-state index < -0.39 is 0 Å². The second-order valence-electron chi connectivity index (χ2n) is 6.48. The quantitative estimate of drug-likeness (QED) is 0.580. The van der Waals surface area contributed by atoms with E-state index in [4.69, 9.17) is 9.47 Å². The maximum Gasteiger partial charge on any atom is 0.265 e. The van der Waals surface area contributed by atoms with Crippen LogP contribution in [0.1, 0.15) is 11.1 Å². The first kappa shape index (κ1) is 18.3. The van der Waals surface area contributed by atoms with Crippen LogP contribution in [0.15, 0.2) is 47.3 Å². The van der Waals surface area contributed by atoms with Gasteiger partial charge in [-0.3, -0.25) is 9.20 Å². The van der Waals surface area contributed by atoms with Gasteiger partial charge < -0.3 is 14.8 Å². The number of ether oxygens (including phenoxy) is 2. The highest BCUT2D eigenvalue weighted by atomic mass is 16.5. The second kappa shape index (κ2) is 7.17. The lowest BCUT2D eigenvalue weighted by Gasteiger charge is -2.08. The molecule has 0 spiro atoms. The average molecular weight is 386 g/mol. The molecule has 0 radical (unpaired) electrons. The van der Waals surface area contributed by atoms with Crippen molar-refractivity contribution in [3.63, 3.8) is 0 Å². The largest absolute Gasteiger partial charge is 0.497 e. The number of nitrogens with zero attached hydrogens (tertiary/aromatic N) is 3. The molecule has 1 N–H and O–H groups in total. The first-order valence-electron chi connectivity index (χ1n) is 8.91. The molecular formula is C22H18N4O3. The van der Waals surface area contributed by atoms with Crippen molar-refractivity contribution in [1.82, 2.24) is 9.38 Å². The van der Waals surface area contributed by atoms with Gasteiger partial charge in [-0.05, 0) is 24.6 Å². The molecule has 0 saturated carbocycles. The third kappa shape index (κ3) is 3.01. The fraction of sp³-hybridized carbons (Fsp3) is 0.136. The molecule has 0 atom stereocenters. The van der Waals surface area contributed by atoms with Gasteiger partial charge in [-0.1, -0.05) is 12.1 Å². The molecule has 0 aliphatic rings. The van der Waals surface area contributed by atoms with Gasteiger partial charge in [0.25, 0.3) is 5.56 Å². The van der Waals surface area contributed by atoms with Gasteiger partial charge in [-0.25, -0.2) is 4.98 Å². The molecule has 7 nitrogen and oxygen atoms in total. The van der Waals surface area contributed by atoms with Crippen molar-refractivity contribution >= 4 is 28.6 Å². The molecule has 7 heteroatoms. The molecule has 0 aliphatic heterocycles. The van der Waals surface area contributed by atoms with Crippen LogP contribution in [-0.2, 0) is 0 Å². The zero-order valence-corrected chi connectivity index (χ0v) is 16.2. The van der Waals surface area contributed by atoms with Crippen LogP contribution in [0.25, 0.3) is 22.9 Å². The molecule has 4 rings (SSSR count). The SMILES string of the molecule is COc1cc(N/C=c2/c(C)c(C#N)c3nc4ccccc4n3c2=O)cc(OC)c1. The first-order chi connectivity index (χ1) is 14.1. The van der Waals surface area contributed by atoms with Crippen LogP contribution in [0.5, 0.6) is 11.5 Å². The Kier molecular flexibility index (Phi) is 4.53. The Morgan fingerprint density at radius 3 is 2.48 bits per heavy atom. The standard InChI is InChI=1S/C22H18N4O3/c1-13-17(11-23)21-25-19-6-4-5-7-20(19)26(21)22(27)18(13)12-24-14-8-15(28-2)10-16(9-14)29-3/h4-10,12,24H,1-3H3/b18-12-. The van der Waals surface area contributed by atoms with E-state index in [1.165, 1.54) is 4.40 Å². The molecule has 0 aliphatic carbocycles. The van der Waals surface area contributed by atoms with E-state index >= 15 is 0 Å². The van der Waals surface area contributed by atoms with E-state index in [-0.39, 0.29) is 5.56 Å². The molecule has 0 saturated heterocycles. The summed E-state index contributed by atoms with van der Waals surface area (Å²) < 4.78 is 12.0. The minimum atomic E-state index is -0.243. The van der Waals surface area contributed by atoms with Crippen LogP contribution in [0.4, 0.5) is 5.69 Å². The van der Waals surface area contributed by atoms with Gasteiger partial charge in [0.05, 0.1) is 36.0 Å². The smallest absolute Gasteiger partial charge is 0.265 e. The number of anilines is 1. The van der Waals surface area contributed by atoms with Gasteiger partial charge in [0.1, 0.15) is 17.6 Å². The van der Waals surface area contributed by atoms with Gasteiger partial charge in [-0.2, -0.15) is 5.26 Å². The highest BCUT2D eigenvalue weighted by Gasteiger charge is 2.15. The lowest BCUT2D eigenvalue weighted by molar-refractivity contribution is 0.395. The number of methoxy groups -OCH3 is 2. The van der Waals surface area contributed by atoms with Crippen LogP contribution in [0, 0.1) is 18.3 Å². The summed E-state index contributed by atoms with van der Waals surface area (Å²) in [6.45, 7) is 1.75. The topological polar surface area (TPSA) is 88.6 Å². The van der Waals surface area contributed by atoms with Gasteiger partial charge in [0.15, 0.2) is 5.65 Å². The number of para-hydroxylation sites is 2. The molecule has 2 aromatic carbocycles. The summed E-state index contributed by atoms with van der Waals surface area (Å²) in [5, 5.41) is 13.2. The number of hydrogen-bond acceptors (Lipinski definition) is 6. The Morgan fingerprint density at radius 2 is 1.83 bits per heavy atom. The Labute approximate surface area is 166 Å². The maximum absolute atomic E-state index is 13.3. The number of benzene rings is 2. The second-order valence-corrected chi connectivity index (χ2v) is 6.48. The first-order valence-corrected chi connectivity index (χ1v) is 8.91. The summed E-state index contributed by atoms with van der Waals surface area (Å²) >= 11 is 0. The monoisotopic (exact) mass is 386 g/mol. The fourth-order valence-corrected chi connectivity index (χ4v) is 3.33. The van der Waals surface area contributed by atoms with Crippen molar-refractivity contribution in [2.45, 2.75) is 6.92 Å². The summed E-state index contributed by atoms with van der Waals surface area (Å²) in [6.07, 6.45) is 1.60. The molecule has 144 valence electrons. The number of nitriles is 1. The molecule has 0 unspecified atom stereocenters. The minimum absolute atomic E-state index is 0.243. The van der Waals surface area contributed by atoms with E-state index in [9.17, 15) is 10.1 Å². The fourth-order valence-electron chi connectivity index (χ4n) is 3.33. The zero-order valence-electron chi connectivity index (χ0n) is 16.2. The van der Waals surface area contributed by atoms with Crippen molar-refractivity contribution in [2.75, 3.05) is 19.5 Å². The van der Waals surface area contributed by atoms with Crippen LogP contribution in [0.2, 0.25) is 0 Å². The van der Waals surface area contributed by atoms with Crippen molar-refractivity contribution in [3.8, 4) is 17.6 Å². The summed E-state index contributed by atoms with van der Waals surface area (Å²) in [5.74, 6) is 1.24. The van der Waals surface area contributed by atoms with Crippen LogP contribution in [0.3, 0.4) is 0 Å². The van der Waals surface area contributed by atoms with Gasteiger partial charge in [0.2, 0.25) is 0 Å². The molecule has 29 heavy (non-hydrogen) atoms. The average Bonchev–Trinajstić information content (AvgIpc) is 3.13. The van der Waals surface area contributed by atoms with Gasteiger partial charge in [0, 0.05) is 30.1 Å². The Hall–Kier alpha value is -4.05. The van der Waals surface area contributed by atoms with E-state index in [0.29, 0.717) is 50.2 Å². The molecule has 4 aromatic rings. The summed E-state index contributed by atoms with van der Waals surface area (Å²) in [6, 6.07) is 14.9. The Balaban J connectivity index is 1.96.